The molecule has 4 rings (SSSR count). The van der Waals surface area contributed by atoms with E-state index in [2.05, 4.69) is 20.9 Å². The van der Waals surface area contributed by atoms with Crippen LogP contribution in [0, 0.1) is 11.6 Å². The largest absolute Gasteiger partial charge is 0.383 e. The van der Waals surface area contributed by atoms with Gasteiger partial charge >= 0.3 is 0 Å². The Hall–Kier alpha value is -3.68. The summed E-state index contributed by atoms with van der Waals surface area (Å²) in [5.74, 6) is -1.32. The molecule has 3 N–H and O–H groups in total. The Morgan fingerprint density at radius 1 is 1.17 bits per heavy atom. The van der Waals surface area contributed by atoms with Crippen LogP contribution in [0.4, 0.5) is 25.8 Å². The predicted molar refractivity (Wildman–Crippen MR) is 108 cm³/mol. The van der Waals surface area contributed by atoms with Crippen LogP contribution < -0.4 is 16.0 Å². The third-order valence-electron chi connectivity index (χ3n) is 4.60. The molecule has 1 amide bonds. The van der Waals surface area contributed by atoms with E-state index in [1.54, 1.807) is 30.7 Å². The highest BCUT2D eigenvalue weighted by Gasteiger charge is 2.27. The summed E-state index contributed by atoms with van der Waals surface area (Å²) in [6.07, 6.45) is 7.55. The maximum Gasteiger partial charge on any atom is 0.257 e. The van der Waals surface area contributed by atoms with Crippen molar-refractivity contribution in [2.75, 3.05) is 22.5 Å². The van der Waals surface area contributed by atoms with Crippen molar-refractivity contribution in [3.8, 4) is 0 Å². The molecule has 8 heteroatoms. The number of halogens is 2. The van der Waals surface area contributed by atoms with Crippen LogP contribution in [-0.4, -0.2) is 22.0 Å². The van der Waals surface area contributed by atoms with Crippen LogP contribution in [-0.2, 0) is 11.3 Å². The molecule has 0 saturated heterocycles. The number of carbonyl (C=O) groups excluding carboxylic acids is 1. The summed E-state index contributed by atoms with van der Waals surface area (Å²) in [5, 5.41) is 8.54. The van der Waals surface area contributed by atoms with Gasteiger partial charge in [-0.05, 0) is 36.8 Å². The number of carbonyl (C=O) groups is 1. The van der Waals surface area contributed by atoms with Crippen LogP contribution in [0.3, 0.4) is 0 Å². The summed E-state index contributed by atoms with van der Waals surface area (Å²) in [4.78, 5) is 16.1. The molecule has 0 atom stereocenters. The average Bonchev–Trinajstić information content (AvgIpc) is 3.33. The number of imidazole rings is 1. The van der Waals surface area contributed by atoms with E-state index in [0.717, 1.165) is 13.0 Å². The molecule has 1 aromatic heterocycles. The van der Waals surface area contributed by atoms with E-state index in [-0.39, 0.29) is 11.1 Å². The van der Waals surface area contributed by atoms with Gasteiger partial charge in [0.25, 0.3) is 5.91 Å². The number of hydrogen-bond acceptors (Lipinski definition) is 4. The molecule has 1 aliphatic heterocycles. The van der Waals surface area contributed by atoms with Crippen molar-refractivity contribution in [2.24, 2.45) is 0 Å². The van der Waals surface area contributed by atoms with Crippen LogP contribution in [0.5, 0.6) is 0 Å². The van der Waals surface area contributed by atoms with Crippen molar-refractivity contribution in [1.29, 1.82) is 0 Å². The predicted octanol–water partition coefficient (Wildman–Crippen LogP) is 4.07. The quantitative estimate of drug-likeness (QED) is 0.417. The zero-order valence-corrected chi connectivity index (χ0v) is 15.5. The monoisotopic (exact) mass is 395 g/mol. The van der Waals surface area contributed by atoms with E-state index in [1.165, 1.54) is 24.4 Å². The molecule has 6 nitrogen and oxygen atoms in total. The molecule has 1 aliphatic rings. The van der Waals surface area contributed by atoms with Crippen molar-refractivity contribution < 1.29 is 13.6 Å². The van der Waals surface area contributed by atoms with Gasteiger partial charge in [-0.3, -0.25) is 4.79 Å². The maximum atomic E-state index is 14.4. The van der Waals surface area contributed by atoms with Gasteiger partial charge in [-0.15, -0.1) is 0 Å². The number of rotatable bonds is 7. The minimum Gasteiger partial charge on any atom is -0.383 e. The smallest absolute Gasteiger partial charge is 0.257 e. The van der Waals surface area contributed by atoms with E-state index in [1.807, 2.05) is 10.8 Å². The molecule has 0 bridgehead atoms. The highest BCUT2D eigenvalue weighted by atomic mass is 19.1. The van der Waals surface area contributed by atoms with Crippen molar-refractivity contribution >= 4 is 28.5 Å². The first-order valence-corrected chi connectivity index (χ1v) is 9.18. The van der Waals surface area contributed by atoms with E-state index < -0.39 is 17.5 Å². The van der Waals surface area contributed by atoms with Gasteiger partial charge in [0.15, 0.2) is 0 Å². The van der Waals surface area contributed by atoms with Gasteiger partial charge in [0.2, 0.25) is 0 Å². The lowest BCUT2D eigenvalue weighted by molar-refractivity contribution is -0.110. The second kappa shape index (κ2) is 8.14. The summed E-state index contributed by atoms with van der Waals surface area (Å²) >= 11 is 0. The minimum absolute atomic E-state index is 0.167. The van der Waals surface area contributed by atoms with Gasteiger partial charge in [-0.25, -0.2) is 13.8 Å². The normalized spacial score (nSPS) is 14.0. The van der Waals surface area contributed by atoms with Gasteiger partial charge in [0.1, 0.15) is 11.6 Å². The molecule has 148 valence electrons. The highest BCUT2D eigenvalue weighted by molar-refractivity contribution is 6.31. The highest BCUT2D eigenvalue weighted by Crippen LogP contribution is 2.33. The number of hydrogen-bond donors (Lipinski definition) is 3. The summed E-state index contributed by atoms with van der Waals surface area (Å²) in [7, 11) is 0. The van der Waals surface area contributed by atoms with Crippen LogP contribution in [0.25, 0.3) is 5.57 Å². The first-order valence-electron chi connectivity index (χ1n) is 9.18. The molecule has 0 radical (unpaired) electrons. The number of aryl methyl sites for hydroxylation is 1. The molecule has 29 heavy (non-hydrogen) atoms. The summed E-state index contributed by atoms with van der Waals surface area (Å²) in [6.45, 7) is 1.41. The van der Waals surface area contributed by atoms with Crippen molar-refractivity contribution in [1.82, 2.24) is 9.55 Å². The van der Waals surface area contributed by atoms with E-state index in [9.17, 15) is 13.6 Å². The Balaban J connectivity index is 1.39. The number of nitrogens with zero attached hydrogens (tertiary/aromatic N) is 2. The maximum absolute atomic E-state index is 14.4. The van der Waals surface area contributed by atoms with Crippen LogP contribution >= 0.6 is 0 Å². The third kappa shape index (κ3) is 4.11. The van der Waals surface area contributed by atoms with E-state index in [4.69, 9.17) is 0 Å². The van der Waals surface area contributed by atoms with Gasteiger partial charge < -0.3 is 20.5 Å². The fourth-order valence-corrected chi connectivity index (χ4v) is 3.15. The minimum atomic E-state index is -0.490. The number of nitrogens with one attached hydrogen (secondary N) is 3. The summed E-state index contributed by atoms with van der Waals surface area (Å²) in [6, 6.07) is 9.08. The van der Waals surface area contributed by atoms with Crippen molar-refractivity contribution in [3.63, 3.8) is 0 Å². The summed E-state index contributed by atoms with van der Waals surface area (Å²) in [5.41, 5.74) is 1.65. The first kappa shape index (κ1) is 18.7. The fourth-order valence-electron chi connectivity index (χ4n) is 3.15. The average molecular weight is 395 g/mol. The topological polar surface area (TPSA) is 71.0 Å². The Kier molecular flexibility index (Phi) is 5.24. The Bertz CT molecular complexity index is 1060. The van der Waals surface area contributed by atoms with Crippen molar-refractivity contribution in [3.05, 3.63) is 78.5 Å². The molecule has 2 heterocycles. The second-order valence-electron chi connectivity index (χ2n) is 6.59. The molecule has 0 unspecified atom stereocenters. The summed E-state index contributed by atoms with van der Waals surface area (Å²) < 4.78 is 30.4. The van der Waals surface area contributed by atoms with E-state index in [0.29, 0.717) is 23.6 Å². The molecule has 0 aliphatic carbocycles. The number of anilines is 3. The molecule has 0 saturated carbocycles. The second-order valence-corrected chi connectivity index (χ2v) is 6.59. The zero-order valence-electron chi connectivity index (χ0n) is 15.5. The fraction of sp³-hybridized carbons (Fsp3) is 0.143. The standard InChI is InChI=1S/C21H19F2N5O/c22-16-3-1-4-19-20(16)15(21(29)27-19)12-26-14-5-6-18(17(23)11-14)25-7-2-9-28-10-8-24-13-28/h1,3-6,8,10-13,25-26H,2,7,9H2,(H,27,29)/b15-12-. The van der Waals surface area contributed by atoms with Gasteiger partial charge in [0, 0.05) is 42.9 Å². The molecule has 0 fully saturated rings. The third-order valence-corrected chi connectivity index (χ3v) is 4.60. The molecular weight excluding hydrogens is 376 g/mol. The van der Waals surface area contributed by atoms with Crippen LogP contribution in [0.1, 0.15) is 12.0 Å². The molecule has 3 aromatic rings. The molecule has 2 aromatic carbocycles. The lowest BCUT2D eigenvalue weighted by Gasteiger charge is -2.10. The molecule has 0 spiro atoms. The first-order chi connectivity index (χ1) is 14.1. The van der Waals surface area contributed by atoms with Gasteiger partial charge in [-0.1, -0.05) is 6.07 Å². The number of fused-ring (bicyclic) bond motifs is 1. The number of amides is 1. The lowest BCUT2D eigenvalue weighted by atomic mass is 10.1. The van der Waals surface area contributed by atoms with Crippen LogP contribution in [0.2, 0.25) is 0 Å². The zero-order chi connectivity index (χ0) is 20.2. The SMILES string of the molecule is O=C1Nc2cccc(F)c2/C1=C/Nc1ccc(NCCCn2ccnc2)c(F)c1. The number of benzene rings is 2. The van der Waals surface area contributed by atoms with Gasteiger partial charge in [0.05, 0.1) is 23.3 Å². The molecular formula is C21H19F2N5O. The Labute approximate surface area is 166 Å². The Morgan fingerprint density at radius 2 is 2.07 bits per heavy atom. The van der Waals surface area contributed by atoms with Crippen LogP contribution in [0.15, 0.2) is 61.3 Å². The Morgan fingerprint density at radius 3 is 2.86 bits per heavy atom. The van der Waals surface area contributed by atoms with Crippen molar-refractivity contribution in [2.45, 2.75) is 13.0 Å². The van der Waals surface area contributed by atoms with Gasteiger partial charge in [-0.2, -0.15) is 0 Å². The van der Waals surface area contributed by atoms with E-state index >= 15 is 0 Å². The lowest BCUT2D eigenvalue weighted by Crippen LogP contribution is -2.07. The number of aromatic nitrogens is 2.